The molecule has 5 nitrogen and oxygen atoms in total. The van der Waals surface area contributed by atoms with Gasteiger partial charge in [-0.25, -0.2) is 4.79 Å². The lowest BCUT2D eigenvalue weighted by molar-refractivity contribution is -0.136. The Balaban J connectivity index is 0.000000370. The number of alkyl carbamates (subject to hydrolysis) is 1. The molecular formula is C15H23NO4. The SMILES string of the molecule is CCCCOC(=O)NC.Cc1ccccc1CC(=O)O. The minimum Gasteiger partial charge on any atom is -0.481 e. The Labute approximate surface area is 120 Å². The second kappa shape index (κ2) is 10.8. The topological polar surface area (TPSA) is 75.6 Å². The summed E-state index contributed by atoms with van der Waals surface area (Å²) < 4.78 is 4.68. The summed E-state index contributed by atoms with van der Waals surface area (Å²) in [7, 11) is 1.55. The maximum atomic E-state index is 10.4. The molecule has 0 radical (unpaired) electrons. The van der Waals surface area contributed by atoms with Crippen LogP contribution in [-0.2, 0) is 16.0 Å². The van der Waals surface area contributed by atoms with Gasteiger partial charge in [0.1, 0.15) is 0 Å². The normalized spacial score (nSPS) is 9.15. The molecule has 0 bridgehead atoms. The third-order valence-corrected chi connectivity index (χ3v) is 2.54. The molecule has 1 amide bonds. The molecule has 0 aliphatic rings. The summed E-state index contributed by atoms with van der Waals surface area (Å²) in [6, 6.07) is 7.51. The Bertz CT molecular complexity index is 418. The van der Waals surface area contributed by atoms with Crippen molar-refractivity contribution in [3.8, 4) is 0 Å². The van der Waals surface area contributed by atoms with Crippen molar-refractivity contribution >= 4 is 12.1 Å². The van der Waals surface area contributed by atoms with Crippen LogP contribution < -0.4 is 5.32 Å². The zero-order valence-electron chi connectivity index (χ0n) is 12.3. The minimum atomic E-state index is -0.778. The first-order valence-electron chi connectivity index (χ1n) is 6.62. The number of aliphatic carboxylic acids is 1. The number of amides is 1. The molecule has 112 valence electrons. The first kappa shape index (κ1) is 18.0. The predicted molar refractivity (Wildman–Crippen MR) is 77.8 cm³/mol. The molecule has 0 aromatic heterocycles. The maximum Gasteiger partial charge on any atom is 0.406 e. The van der Waals surface area contributed by atoms with Gasteiger partial charge in [-0.1, -0.05) is 37.6 Å². The molecule has 20 heavy (non-hydrogen) atoms. The zero-order chi connectivity index (χ0) is 15.4. The summed E-state index contributed by atoms with van der Waals surface area (Å²) in [5.41, 5.74) is 1.93. The van der Waals surface area contributed by atoms with Gasteiger partial charge < -0.3 is 15.2 Å². The lowest BCUT2D eigenvalue weighted by Crippen LogP contribution is -2.19. The van der Waals surface area contributed by atoms with Crippen molar-refractivity contribution in [1.82, 2.24) is 5.32 Å². The van der Waals surface area contributed by atoms with Crippen molar-refractivity contribution in [2.24, 2.45) is 0 Å². The molecule has 0 heterocycles. The van der Waals surface area contributed by atoms with Gasteiger partial charge in [0.15, 0.2) is 0 Å². The molecule has 1 aromatic carbocycles. The number of carbonyl (C=O) groups is 2. The van der Waals surface area contributed by atoms with Crippen molar-refractivity contribution in [2.75, 3.05) is 13.7 Å². The summed E-state index contributed by atoms with van der Waals surface area (Å²) in [6.07, 6.45) is 1.76. The first-order chi connectivity index (χ1) is 9.51. The Morgan fingerprint density at radius 1 is 1.30 bits per heavy atom. The molecule has 5 heteroatoms. The summed E-state index contributed by atoms with van der Waals surface area (Å²) in [5.74, 6) is -0.778. The summed E-state index contributed by atoms with van der Waals surface area (Å²) in [5, 5.41) is 10.9. The first-order valence-corrected chi connectivity index (χ1v) is 6.62. The number of hydrogen-bond donors (Lipinski definition) is 2. The van der Waals surface area contributed by atoms with Crippen LogP contribution in [0.1, 0.15) is 30.9 Å². The Hall–Kier alpha value is -2.04. The van der Waals surface area contributed by atoms with Crippen molar-refractivity contribution in [3.63, 3.8) is 0 Å². The smallest absolute Gasteiger partial charge is 0.406 e. The van der Waals surface area contributed by atoms with Crippen molar-refractivity contribution in [3.05, 3.63) is 35.4 Å². The number of rotatable bonds is 5. The fraction of sp³-hybridized carbons (Fsp3) is 0.467. The molecule has 0 saturated carbocycles. The van der Waals surface area contributed by atoms with E-state index in [1.165, 1.54) is 0 Å². The molecule has 1 rings (SSSR count). The molecular weight excluding hydrogens is 258 g/mol. The van der Waals surface area contributed by atoms with E-state index in [2.05, 4.69) is 10.1 Å². The molecule has 0 aliphatic carbocycles. The van der Waals surface area contributed by atoms with Gasteiger partial charge >= 0.3 is 12.1 Å². The number of carbonyl (C=O) groups excluding carboxylic acids is 1. The van der Waals surface area contributed by atoms with Crippen LogP contribution >= 0.6 is 0 Å². The van der Waals surface area contributed by atoms with Gasteiger partial charge in [0.25, 0.3) is 0 Å². The average Bonchev–Trinajstić information content (AvgIpc) is 2.42. The molecule has 0 spiro atoms. The number of benzene rings is 1. The van der Waals surface area contributed by atoms with Crippen molar-refractivity contribution in [2.45, 2.75) is 33.1 Å². The standard InChI is InChI=1S/C9H10O2.C6H13NO2/c1-7-4-2-3-5-8(7)6-9(10)11;1-3-4-5-9-6(8)7-2/h2-5H,6H2,1H3,(H,10,11);3-5H2,1-2H3,(H,7,8). The molecule has 2 N–H and O–H groups in total. The molecule has 0 atom stereocenters. The van der Waals surface area contributed by atoms with Crippen LogP contribution in [0.5, 0.6) is 0 Å². The lowest BCUT2D eigenvalue weighted by atomic mass is 10.1. The van der Waals surface area contributed by atoms with E-state index in [0.29, 0.717) is 6.61 Å². The number of nitrogens with one attached hydrogen (secondary N) is 1. The van der Waals surface area contributed by atoms with E-state index in [-0.39, 0.29) is 12.5 Å². The molecule has 1 aromatic rings. The third-order valence-electron chi connectivity index (χ3n) is 2.54. The monoisotopic (exact) mass is 281 g/mol. The van der Waals surface area contributed by atoms with E-state index in [9.17, 15) is 9.59 Å². The maximum absolute atomic E-state index is 10.4. The Morgan fingerprint density at radius 3 is 2.45 bits per heavy atom. The quantitative estimate of drug-likeness (QED) is 0.814. The van der Waals surface area contributed by atoms with Crippen LogP contribution in [0, 0.1) is 6.92 Å². The predicted octanol–water partition coefficient (Wildman–Crippen LogP) is 2.76. The summed E-state index contributed by atoms with van der Waals surface area (Å²) >= 11 is 0. The fourth-order valence-electron chi connectivity index (χ4n) is 1.35. The van der Waals surface area contributed by atoms with Gasteiger partial charge in [0, 0.05) is 7.05 Å². The number of unbranched alkanes of at least 4 members (excludes halogenated alkanes) is 1. The van der Waals surface area contributed by atoms with E-state index in [1.807, 2.05) is 38.1 Å². The molecule has 0 fully saturated rings. The summed E-state index contributed by atoms with van der Waals surface area (Å²) in [6.45, 7) is 4.49. The van der Waals surface area contributed by atoms with E-state index in [1.54, 1.807) is 7.05 Å². The van der Waals surface area contributed by atoms with Crippen LogP contribution in [0.2, 0.25) is 0 Å². The van der Waals surface area contributed by atoms with Gasteiger partial charge in [0.05, 0.1) is 13.0 Å². The Kier molecular flexibility index (Phi) is 9.74. The van der Waals surface area contributed by atoms with Crippen molar-refractivity contribution in [1.29, 1.82) is 0 Å². The highest BCUT2D eigenvalue weighted by Gasteiger charge is 2.01. The van der Waals surface area contributed by atoms with E-state index in [4.69, 9.17) is 5.11 Å². The van der Waals surface area contributed by atoms with Gasteiger partial charge in [-0.2, -0.15) is 0 Å². The van der Waals surface area contributed by atoms with E-state index in [0.717, 1.165) is 24.0 Å². The highest BCUT2D eigenvalue weighted by molar-refractivity contribution is 5.70. The molecule has 0 saturated heterocycles. The number of carboxylic acid groups (broad SMARTS) is 1. The average molecular weight is 281 g/mol. The van der Waals surface area contributed by atoms with Gasteiger partial charge in [-0.3, -0.25) is 4.79 Å². The van der Waals surface area contributed by atoms with Crippen LogP contribution in [0.25, 0.3) is 0 Å². The minimum absolute atomic E-state index is 0.118. The lowest BCUT2D eigenvalue weighted by Gasteiger charge is -2.00. The molecule has 0 unspecified atom stereocenters. The zero-order valence-corrected chi connectivity index (χ0v) is 12.3. The number of carboxylic acids is 1. The van der Waals surface area contributed by atoms with E-state index >= 15 is 0 Å². The largest absolute Gasteiger partial charge is 0.481 e. The summed E-state index contributed by atoms with van der Waals surface area (Å²) in [4.78, 5) is 20.7. The Morgan fingerprint density at radius 2 is 1.95 bits per heavy atom. The van der Waals surface area contributed by atoms with Crippen LogP contribution in [0.3, 0.4) is 0 Å². The number of hydrogen-bond acceptors (Lipinski definition) is 3. The van der Waals surface area contributed by atoms with Gasteiger partial charge in [-0.05, 0) is 24.5 Å². The van der Waals surface area contributed by atoms with E-state index < -0.39 is 5.97 Å². The third kappa shape index (κ3) is 8.97. The highest BCUT2D eigenvalue weighted by atomic mass is 16.5. The highest BCUT2D eigenvalue weighted by Crippen LogP contribution is 2.06. The van der Waals surface area contributed by atoms with Crippen LogP contribution in [-0.4, -0.2) is 30.8 Å². The second-order valence-corrected chi connectivity index (χ2v) is 4.24. The van der Waals surface area contributed by atoms with Gasteiger partial charge in [-0.15, -0.1) is 0 Å². The number of aryl methyl sites for hydroxylation is 1. The number of ether oxygens (including phenoxy) is 1. The van der Waals surface area contributed by atoms with Crippen molar-refractivity contribution < 1.29 is 19.4 Å². The molecule has 0 aliphatic heterocycles. The fourth-order valence-corrected chi connectivity index (χ4v) is 1.35. The van der Waals surface area contributed by atoms with Gasteiger partial charge in [0.2, 0.25) is 0 Å². The second-order valence-electron chi connectivity index (χ2n) is 4.24. The van der Waals surface area contributed by atoms with Crippen LogP contribution in [0.15, 0.2) is 24.3 Å². The van der Waals surface area contributed by atoms with Crippen LogP contribution in [0.4, 0.5) is 4.79 Å².